The van der Waals surface area contributed by atoms with Crippen LogP contribution in [0.25, 0.3) is 0 Å². The largest absolute Gasteiger partial charge is 0.403 e. The first-order valence-corrected chi connectivity index (χ1v) is 17.9. The van der Waals surface area contributed by atoms with Gasteiger partial charge in [0.1, 0.15) is 5.78 Å². The number of aliphatic hydroxyl groups is 1. The van der Waals surface area contributed by atoms with Crippen molar-refractivity contribution < 1.29 is 19.1 Å². The molecule has 0 heterocycles. The molecule has 0 saturated heterocycles. The number of Topliss-reactive ketones (excluding diaryl/α,β-unsaturated/α-hetero) is 1. The van der Waals surface area contributed by atoms with Crippen LogP contribution in [0.2, 0.25) is 0 Å². The number of carbonyl (C=O) groups excluding carboxylic acids is 2. The third-order valence-corrected chi connectivity index (χ3v) is 15.5. The maximum absolute atomic E-state index is 13.1. The molecule has 5 atom stereocenters. The van der Waals surface area contributed by atoms with Gasteiger partial charge in [-0.3, -0.25) is 9.59 Å². The Hall–Kier alpha value is -3.12. The molecule has 3 fully saturated rings. The second-order valence-electron chi connectivity index (χ2n) is 13.2. The molecule has 0 spiro atoms. The Kier molecular flexibility index (Phi) is 8.43. The number of aliphatic hydroxyl groups excluding tert-OH is 1. The smallest absolute Gasteiger partial charge is 0.288 e. The van der Waals surface area contributed by atoms with E-state index in [4.69, 9.17) is 9.53 Å². The van der Waals surface area contributed by atoms with Gasteiger partial charge in [-0.05, 0) is 77.9 Å². The summed E-state index contributed by atoms with van der Waals surface area (Å²) in [5.74, 6) is 2.19. The van der Waals surface area contributed by atoms with Gasteiger partial charge in [-0.15, -0.1) is 0 Å². The molecular formula is C38H44O4Si. The minimum absolute atomic E-state index is 0.152. The number of hydrogen-bond donors (Lipinski definition) is 1. The molecule has 0 aromatic heterocycles. The van der Waals surface area contributed by atoms with E-state index in [1.807, 2.05) is 6.08 Å². The molecule has 3 aromatic rings. The Bertz CT molecular complexity index is 1370. The molecule has 5 heteroatoms. The summed E-state index contributed by atoms with van der Waals surface area (Å²) in [4.78, 5) is 25.9. The monoisotopic (exact) mass is 592 g/mol. The number of ketones is 2. The molecule has 0 radical (unpaired) electrons. The van der Waals surface area contributed by atoms with E-state index in [-0.39, 0.29) is 16.6 Å². The number of hydrogen-bond acceptors (Lipinski definition) is 4. The van der Waals surface area contributed by atoms with E-state index >= 15 is 0 Å². The summed E-state index contributed by atoms with van der Waals surface area (Å²) in [6.07, 6.45) is 9.28. The average Bonchev–Trinajstić information content (AvgIpc) is 3.38. The van der Waals surface area contributed by atoms with E-state index in [1.165, 1.54) is 21.1 Å². The number of fused-ring (bicyclic) bond motifs is 5. The molecule has 4 aliphatic carbocycles. The predicted molar refractivity (Wildman–Crippen MR) is 174 cm³/mol. The molecule has 3 saturated carbocycles. The maximum atomic E-state index is 13.1. The fourth-order valence-electron chi connectivity index (χ4n) is 9.41. The SMILES string of the molecule is CO.C[C@]12CC[C@H]3[C@@H](CCC4=CC(=O)CC[C@@]43CO[Si](c3ccccc3)(c3ccccc3)c3ccccc3)[C@@H]1CCC2=O. The van der Waals surface area contributed by atoms with Crippen molar-refractivity contribution in [2.24, 2.45) is 28.6 Å². The highest BCUT2D eigenvalue weighted by molar-refractivity contribution is 7.07. The first-order valence-electron chi connectivity index (χ1n) is 16.0. The third kappa shape index (κ3) is 4.90. The summed E-state index contributed by atoms with van der Waals surface area (Å²) in [5, 5.41) is 10.7. The number of benzene rings is 3. The van der Waals surface area contributed by atoms with E-state index in [0.717, 1.165) is 52.1 Å². The fourth-order valence-corrected chi connectivity index (χ4v) is 13.4. The van der Waals surface area contributed by atoms with Crippen molar-refractivity contribution in [2.75, 3.05) is 13.7 Å². The Morgan fingerprint density at radius 1 is 0.721 bits per heavy atom. The molecule has 43 heavy (non-hydrogen) atoms. The highest BCUT2D eigenvalue weighted by Crippen LogP contribution is 2.64. The number of rotatable bonds is 6. The van der Waals surface area contributed by atoms with Gasteiger partial charge in [0.05, 0.1) is 0 Å². The van der Waals surface area contributed by atoms with Gasteiger partial charge in [0, 0.05) is 37.4 Å². The van der Waals surface area contributed by atoms with E-state index in [9.17, 15) is 9.59 Å². The average molecular weight is 593 g/mol. The quantitative estimate of drug-likeness (QED) is 0.309. The van der Waals surface area contributed by atoms with Gasteiger partial charge < -0.3 is 9.53 Å². The third-order valence-electron chi connectivity index (χ3n) is 11.5. The summed E-state index contributed by atoms with van der Waals surface area (Å²) < 4.78 is 7.65. The molecular weight excluding hydrogens is 549 g/mol. The topological polar surface area (TPSA) is 63.6 Å². The first kappa shape index (κ1) is 29.9. The van der Waals surface area contributed by atoms with Gasteiger partial charge in [0.25, 0.3) is 8.32 Å². The minimum Gasteiger partial charge on any atom is -0.403 e. The summed E-state index contributed by atoms with van der Waals surface area (Å²) >= 11 is 0. The molecule has 3 aromatic carbocycles. The molecule has 1 N–H and O–H groups in total. The standard InChI is InChI=1S/C37H40O3Si.CH4O/c1-36-23-22-34-32(33(36)19-20-35(36)39)18-17-27-25-28(38)21-24-37(27,34)26-40-41(29-11-5-2-6-12-29,30-13-7-3-8-14-30)31-15-9-4-10-16-31;1-2/h2-16,25,32-34H,17-24,26H2,1H3;2H,1H3/t32-,33-,34-,36-,37+;/m0./s1. The van der Waals surface area contributed by atoms with Crippen LogP contribution in [0.5, 0.6) is 0 Å². The Balaban J connectivity index is 0.00000161. The van der Waals surface area contributed by atoms with E-state index in [0.29, 0.717) is 36.6 Å². The van der Waals surface area contributed by atoms with Crippen molar-refractivity contribution in [2.45, 2.75) is 58.3 Å². The van der Waals surface area contributed by atoms with E-state index in [2.05, 4.69) is 97.9 Å². The molecule has 0 unspecified atom stereocenters. The highest BCUT2D eigenvalue weighted by Gasteiger charge is 2.61. The summed E-state index contributed by atoms with van der Waals surface area (Å²) in [5.41, 5.74) is 1.01. The normalized spacial score (nSPS) is 29.8. The summed E-state index contributed by atoms with van der Waals surface area (Å²) in [7, 11) is -1.88. The predicted octanol–water partition coefficient (Wildman–Crippen LogP) is 5.36. The highest BCUT2D eigenvalue weighted by atomic mass is 28.4. The van der Waals surface area contributed by atoms with Gasteiger partial charge in [0.15, 0.2) is 5.78 Å². The molecule has 7 rings (SSSR count). The zero-order chi connectivity index (χ0) is 30.1. The van der Waals surface area contributed by atoms with Gasteiger partial charge in [-0.25, -0.2) is 0 Å². The van der Waals surface area contributed by atoms with Crippen LogP contribution in [0, 0.1) is 28.6 Å². The Labute approximate surface area is 257 Å². The van der Waals surface area contributed by atoms with Crippen LogP contribution in [0.4, 0.5) is 0 Å². The molecule has 224 valence electrons. The van der Waals surface area contributed by atoms with E-state index < -0.39 is 8.32 Å². The molecule has 4 nitrogen and oxygen atoms in total. The van der Waals surface area contributed by atoms with Gasteiger partial charge >= 0.3 is 0 Å². The number of carbonyl (C=O) groups is 2. The lowest BCUT2D eigenvalue weighted by molar-refractivity contribution is -0.133. The summed E-state index contributed by atoms with van der Waals surface area (Å²) in [6.45, 7) is 2.87. The fraction of sp³-hybridized carbons (Fsp3) is 0.421. The van der Waals surface area contributed by atoms with Gasteiger partial charge in [0.2, 0.25) is 0 Å². The zero-order valence-corrected chi connectivity index (χ0v) is 26.5. The van der Waals surface area contributed by atoms with Crippen molar-refractivity contribution in [3.05, 3.63) is 103 Å². The lowest BCUT2D eigenvalue weighted by Crippen LogP contribution is -2.70. The maximum Gasteiger partial charge on any atom is 0.288 e. The van der Waals surface area contributed by atoms with Crippen LogP contribution in [-0.2, 0) is 14.0 Å². The summed E-state index contributed by atoms with van der Waals surface area (Å²) in [6, 6.07) is 32.5. The van der Waals surface area contributed by atoms with Gasteiger partial charge in [-0.1, -0.05) is 103 Å². The van der Waals surface area contributed by atoms with Crippen LogP contribution in [0.15, 0.2) is 103 Å². The first-order chi connectivity index (χ1) is 21.0. The van der Waals surface area contributed by atoms with Crippen molar-refractivity contribution in [3.8, 4) is 0 Å². The van der Waals surface area contributed by atoms with Crippen molar-refractivity contribution >= 4 is 35.4 Å². The lowest BCUT2D eigenvalue weighted by atomic mass is 9.47. The van der Waals surface area contributed by atoms with E-state index in [1.54, 1.807) is 0 Å². The Morgan fingerprint density at radius 2 is 1.28 bits per heavy atom. The molecule has 0 amide bonds. The van der Waals surface area contributed by atoms with Crippen LogP contribution in [0.1, 0.15) is 58.3 Å². The molecule has 4 aliphatic rings. The van der Waals surface area contributed by atoms with Crippen molar-refractivity contribution in [1.82, 2.24) is 0 Å². The second kappa shape index (κ2) is 12.1. The van der Waals surface area contributed by atoms with Crippen LogP contribution in [0.3, 0.4) is 0 Å². The van der Waals surface area contributed by atoms with Crippen molar-refractivity contribution in [3.63, 3.8) is 0 Å². The lowest BCUT2D eigenvalue weighted by Gasteiger charge is -2.58. The van der Waals surface area contributed by atoms with Crippen LogP contribution >= 0.6 is 0 Å². The molecule has 0 bridgehead atoms. The van der Waals surface area contributed by atoms with Gasteiger partial charge in [-0.2, -0.15) is 0 Å². The zero-order valence-electron chi connectivity index (χ0n) is 25.5. The minimum atomic E-state index is -2.88. The van der Waals surface area contributed by atoms with Crippen molar-refractivity contribution in [1.29, 1.82) is 0 Å². The van der Waals surface area contributed by atoms with Crippen LogP contribution < -0.4 is 15.6 Å². The molecule has 0 aliphatic heterocycles. The van der Waals surface area contributed by atoms with Crippen LogP contribution in [-0.4, -0.2) is 38.7 Å². The second-order valence-corrected chi connectivity index (χ2v) is 16.6. The Morgan fingerprint density at radius 3 is 1.84 bits per heavy atom.